The second kappa shape index (κ2) is 6.18. The van der Waals surface area contributed by atoms with Gasteiger partial charge in [0.25, 0.3) is 0 Å². The summed E-state index contributed by atoms with van der Waals surface area (Å²) in [5.41, 5.74) is 5.82. The van der Waals surface area contributed by atoms with Crippen molar-refractivity contribution in [1.29, 1.82) is 0 Å². The van der Waals surface area contributed by atoms with E-state index < -0.39 is 0 Å². The van der Waals surface area contributed by atoms with E-state index in [9.17, 15) is 4.79 Å². The lowest BCUT2D eigenvalue weighted by molar-refractivity contribution is -0.131. The van der Waals surface area contributed by atoms with Crippen molar-refractivity contribution in [2.45, 2.75) is 71.1 Å². The summed E-state index contributed by atoms with van der Waals surface area (Å²) >= 11 is 0. The van der Waals surface area contributed by atoms with Gasteiger partial charge in [-0.25, -0.2) is 0 Å². The Morgan fingerprint density at radius 3 is 2.28 bits per heavy atom. The van der Waals surface area contributed by atoms with Crippen LogP contribution >= 0.6 is 0 Å². The summed E-state index contributed by atoms with van der Waals surface area (Å²) < 4.78 is 0. The number of Topliss-reactive ketones (excluding diaryl/α,β-unsaturated/α-hetero) is 1. The molecule has 0 spiro atoms. The number of hydrogen-bond donors (Lipinski definition) is 1. The van der Waals surface area contributed by atoms with E-state index in [4.69, 9.17) is 5.73 Å². The summed E-state index contributed by atoms with van der Waals surface area (Å²) in [6.07, 6.45) is 11.8. The van der Waals surface area contributed by atoms with Crippen LogP contribution in [0.1, 0.15) is 71.1 Å². The molecule has 0 unspecified atom stereocenters. The number of carbonyl (C=O) groups is 1. The van der Waals surface area contributed by atoms with E-state index in [0.29, 0.717) is 18.2 Å². The molecule has 0 amide bonds. The van der Waals surface area contributed by atoms with Crippen molar-refractivity contribution in [3.05, 3.63) is 0 Å². The zero-order valence-corrected chi connectivity index (χ0v) is 11.9. The van der Waals surface area contributed by atoms with Crippen LogP contribution in [-0.4, -0.2) is 12.3 Å². The molecule has 2 heteroatoms. The van der Waals surface area contributed by atoms with Crippen molar-refractivity contribution < 1.29 is 4.79 Å². The number of rotatable bonds is 4. The van der Waals surface area contributed by atoms with Gasteiger partial charge in [0, 0.05) is 18.4 Å². The highest BCUT2D eigenvalue weighted by atomic mass is 16.1. The molecule has 18 heavy (non-hydrogen) atoms. The molecule has 0 aliphatic heterocycles. The fraction of sp³-hybridized carbons (Fsp3) is 0.938. The van der Waals surface area contributed by atoms with Crippen molar-refractivity contribution in [3.63, 3.8) is 0 Å². The molecule has 104 valence electrons. The molecule has 2 aliphatic rings. The SMILES string of the molecule is CC1CCC(CN)(C(=O)CC2CCCCC2)CC1. The summed E-state index contributed by atoms with van der Waals surface area (Å²) in [7, 11) is 0. The third-order valence-corrected chi connectivity index (χ3v) is 5.41. The molecule has 0 heterocycles. The highest BCUT2D eigenvalue weighted by Gasteiger charge is 2.39. The molecule has 0 atom stereocenters. The first kappa shape index (κ1) is 14.0. The summed E-state index contributed by atoms with van der Waals surface area (Å²) in [6, 6.07) is 0. The van der Waals surface area contributed by atoms with Crippen LogP contribution in [0.5, 0.6) is 0 Å². The van der Waals surface area contributed by atoms with Gasteiger partial charge in [0.2, 0.25) is 0 Å². The molecule has 2 saturated carbocycles. The van der Waals surface area contributed by atoms with Gasteiger partial charge in [-0.15, -0.1) is 0 Å². The first-order valence-electron chi connectivity index (χ1n) is 7.90. The maximum atomic E-state index is 12.6. The third kappa shape index (κ3) is 3.14. The highest BCUT2D eigenvalue weighted by Crippen LogP contribution is 2.41. The van der Waals surface area contributed by atoms with Gasteiger partial charge in [-0.3, -0.25) is 4.79 Å². The molecular formula is C16H29NO. The fourth-order valence-electron chi connectivity index (χ4n) is 3.78. The number of nitrogens with two attached hydrogens (primary N) is 1. The standard InChI is InChI=1S/C16H29NO/c1-13-7-9-16(12-17,10-8-13)15(18)11-14-5-3-2-4-6-14/h13-14H,2-12,17H2,1H3. The molecule has 2 nitrogen and oxygen atoms in total. The van der Waals surface area contributed by atoms with Gasteiger partial charge in [0.05, 0.1) is 0 Å². The Kier molecular flexibility index (Phi) is 4.83. The summed E-state index contributed by atoms with van der Waals surface area (Å²) in [5, 5.41) is 0. The Morgan fingerprint density at radius 1 is 1.11 bits per heavy atom. The zero-order chi connectivity index (χ0) is 13.0. The second-order valence-electron chi connectivity index (χ2n) is 6.80. The zero-order valence-electron chi connectivity index (χ0n) is 11.9. The van der Waals surface area contributed by atoms with Crippen molar-refractivity contribution in [1.82, 2.24) is 0 Å². The maximum absolute atomic E-state index is 12.6. The Bertz CT molecular complexity index is 273. The molecule has 0 radical (unpaired) electrons. The molecule has 0 aromatic carbocycles. The van der Waals surface area contributed by atoms with E-state index in [-0.39, 0.29) is 5.41 Å². The van der Waals surface area contributed by atoms with E-state index in [0.717, 1.165) is 25.2 Å². The smallest absolute Gasteiger partial charge is 0.140 e. The van der Waals surface area contributed by atoms with E-state index in [1.54, 1.807) is 0 Å². The Balaban J connectivity index is 1.92. The van der Waals surface area contributed by atoms with Crippen molar-refractivity contribution in [2.24, 2.45) is 23.0 Å². The lowest BCUT2D eigenvalue weighted by Gasteiger charge is -2.38. The number of ketones is 1. The normalized spacial score (nSPS) is 34.4. The lowest BCUT2D eigenvalue weighted by Crippen LogP contribution is -2.42. The predicted molar refractivity (Wildman–Crippen MR) is 75.3 cm³/mol. The van der Waals surface area contributed by atoms with Gasteiger partial charge in [-0.2, -0.15) is 0 Å². The minimum absolute atomic E-state index is 0.149. The van der Waals surface area contributed by atoms with Gasteiger partial charge >= 0.3 is 0 Å². The van der Waals surface area contributed by atoms with Crippen LogP contribution in [0.3, 0.4) is 0 Å². The third-order valence-electron chi connectivity index (χ3n) is 5.41. The Hall–Kier alpha value is -0.370. The summed E-state index contributed by atoms with van der Waals surface area (Å²) in [4.78, 5) is 12.6. The molecule has 0 bridgehead atoms. The summed E-state index contributed by atoms with van der Waals surface area (Å²) in [5.74, 6) is 1.94. The second-order valence-corrected chi connectivity index (χ2v) is 6.80. The van der Waals surface area contributed by atoms with Crippen molar-refractivity contribution in [2.75, 3.05) is 6.54 Å². The molecule has 2 N–H and O–H groups in total. The lowest BCUT2D eigenvalue weighted by atomic mass is 9.66. The van der Waals surface area contributed by atoms with Crippen LogP contribution < -0.4 is 5.73 Å². The average Bonchev–Trinajstić information content (AvgIpc) is 2.41. The van der Waals surface area contributed by atoms with Crippen LogP contribution in [0.15, 0.2) is 0 Å². The molecule has 0 aromatic rings. The largest absolute Gasteiger partial charge is 0.329 e. The monoisotopic (exact) mass is 251 g/mol. The van der Waals surface area contributed by atoms with Crippen LogP contribution in [0.25, 0.3) is 0 Å². The maximum Gasteiger partial charge on any atom is 0.140 e. The quantitative estimate of drug-likeness (QED) is 0.828. The summed E-state index contributed by atoms with van der Waals surface area (Å²) in [6.45, 7) is 2.87. The van der Waals surface area contributed by atoms with E-state index in [1.165, 1.54) is 44.9 Å². The van der Waals surface area contributed by atoms with Crippen LogP contribution in [-0.2, 0) is 4.79 Å². The molecular weight excluding hydrogens is 222 g/mol. The minimum atomic E-state index is -0.149. The van der Waals surface area contributed by atoms with Gasteiger partial charge in [-0.1, -0.05) is 39.0 Å². The molecule has 2 fully saturated rings. The van der Waals surface area contributed by atoms with Crippen LogP contribution in [0.4, 0.5) is 0 Å². The molecule has 2 aliphatic carbocycles. The van der Waals surface area contributed by atoms with Crippen LogP contribution in [0.2, 0.25) is 0 Å². The van der Waals surface area contributed by atoms with Crippen molar-refractivity contribution in [3.8, 4) is 0 Å². The first-order chi connectivity index (χ1) is 8.66. The molecule has 2 rings (SSSR count). The van der Waals surface area contributed by atoms with Gasteiger partial charge < -0.3 is 5.73 Å². The van der Waals surface area contributed by atoms with Crippen molar-refractivity contribution >= 4 is 5.78 Å². The first-order valence-corrected chi connectivity index (χ1v) is 7.90. The van der Waals surface area contributed by atoms with Gasteiger partial charge in [-0.05, 0) is 37.5 Å². The average molecular weight is 251 g/mol. The van der Waals surface area contributed by atoms with E-state index >= 15 is 0 Å². The Morgan fingerprint density at radius 2 is 1.72 bits per heavy atom. The van der Waals surface area contributed by atoms with E-state index in [1.807, 2.05) is 0 Å². The number of hydrogen-bond acceptors (Lipinski definition) is 2. The van der Waals surface area contributed by atoms with Gasteiger partial charge in [0.15, 0.2) is 0 Å². The number of carbonyl (C=O) groups excluding carboxylic acids is 1. The van der Waals surface area contributed by atoms with E-state index in [2.05, 4.69) is 6.92 Å². The minimum Gasteiger partial charge on any atom is -0.329 e. The highest BCUT2D eigenvalue weighted by molar-refractivity contribution is 5.85. The van der Waals surface area contributed by atoms with Crippen LogP contribution in [0, 0.1) is 17.3 Å². The fourth-order valence-corrected chi connectivity index (χ4v) is 3.78. The van der Waals surface area contributed by atoms with Gasteiger partial charge in [0.1, 0.15) is 5.78 Å². The Labute approximate surface area is 112 Å². The molecule has 0 aromatic heterocycles. The predicted octanol–water partition coefficient (Wildman–Crippen LogP) is 3.68. The topological polar surface area (TPSA) is 43.1 Å². The molecule has 0 saturated heterocycles.